The van der Waals surface area contributed by atoms with Crippen LogP contribution >= 0.6 is 0 Å². The van der Waals surface area contributed by atoms with Gasteiger partial charge < -0.3 is 5.32 Å². The van der Waals surface area contributed by atoms with Gasteiger partial charge in [-0.3, -0.25) is 4.90 Å². The lowest BCUT2D eigenvalue weighted by Crippen LogP contribution is -2.53. The van der Waals surface area contributed by atoms with Crippen LogP contribution < -0.4 is 5.32 Å². The summed E-state index contributed by atoms with van der Waals surface area (Å²) < 4.78 is 0. The Morgan fingerprint density at radius 2 is 1.58 bits per heavy atom. The van der Waals surface area contributed by atoms with Crippen molar-refractivity contribution < 1.29 is 0 Å². The Bertz CT molecular complexity index is 398. The average molecular weight is 258 g/mol. The number of aryl methyl sites for hydroxylation is 1. The zero-order chi connectivity index (χ0) is 13.1. The Morgan fingerprint density at radius 3 is 2.21 bits per heavy atom. The Labute approximate surface area is 117 Å². The smallest absolute Gasteiger partial charge is 0.0484 e. The molecule has 0 unspecified atom stereocenters. The fourth-order valence-electron chi connectivity index (χ4n) is 3.81. The molecule has 0 radical (unpaired) electrons. The number of nitrogens with one attached hydrogen (secondary N) is 1. The minimum Gasteiger partial charge on any atom is -0.317 e. The van der Waals surface area contributed by atoms with E-state index in [1.807, 2.05) is 0 Å². The van der Waals surface area contributed by atoms with Crippen molar-refractivity contribution in [3.05, 3.63) is 35.4 Å². The highest BCUT2D eigenvalue weighted by Crippen LogP contribution is 2.38. The van der Waals surface area contributed by atoms with Gasteiger partial charge in [0.15, 0.2) is 0 Å². The summed E-state index contributed by atoms with van der Waals surface area (Å²) in [5, 5.41) is 3.53. The van der Waals surface area contributed by atoms with Crippen LogP contribution in [0.5, 0.6) is 0 Å². The molecule has 2 aliphatic rings. The van der Waals surface area contributed by atoms with E-state index < -0.39 is 0 Å². The van der Waals surface area contributed by atoms with E-state index in [1.54, 1.807) is 5.56 Å². The van der Waals surface area contributed by atoms with Gasteiger partial charge in [-0.05, 0) is 64.3 Å². The van der Waals surface area contributed by atoms with Crippen molar-refractivity contribution in [2.75, 3.05) is 26.2 Å². The summed E-state index contributed by atoms with van der Waals surface area (Å²) in [6.07, 6.45) is 6.69. The zero-order valence-corrected chi connectivity index (χ0v) is 12.1. The molecule has 0 amide bonds. The predicted octanol–water partition coefficient (Wildman–Crippen LogP) is 3.06. The first kappa shape index (κ1) is 13.1. The number of benzene rings is 1. The SMILES string of the molecule is Cc1ccc(C2(N3CCCCC3)CCNCC2)cc1. The molecule has 1 aromatic rings. The van der Waals surface area contributed by atoms with Crippen LogP contribution in [0.1, 0.15) is 43.2 Å². The molecule has 2 heteroatoms. The van der Waals surface area contributed by atoms with Crippen LogP contribution in [0.2, 0.25) is 0 Å². The second-order valence-corrected chi connectivity index (χ2v) is 6.20. The first-order valence-corrected chi connectivity index (χ1v) is 7.84. The van der Waals surface area contributed by atoms with Gasteiger partial charge in [0.05, 0.1) is 0 Å². The van der Waals surface area contributed by atoms with E-state index in [-0.39, 0.29) is 0 Å². The lowest BCUT2D eigenvalue weighted by Gasteiger charge is -2.49. The van der Waals surface area contributed by atoms with Gasteiger partial charge in [-0.1, -0.05) is 36.2 Å². The number of hydrogen-bond acceptors (Lipinski definition) is 2. The molecular weight excluding hydrogens is 232 g/mol. The Kier molecular flexibility index (Phi) is 3.90. The van der Waals surface area contributed by atoms with Crippen molar-refractivity contribution in [1.29, 1.82) is 0 Å². The molecular formula is C17H26N2. The second-order valence-electron chi connectivity index (χ2n) is 6.20. The summed E-state index contributed by atoms with van der Waals surface area (Å²) in [7, 11) is 0. The number of piperidine rings is 2. The molecule has 0 bridgehead atoms. The molecule has 1 N–H and O–H groups in total. The maximum absolute atomic E-state index is 3.53. The highest BCUT2D eigenvalue weighted by atomic mass is 15.2. The molecule has 0 aliphatic carbocycles. The highest BCUT2D eigenvalue weighted by Gasteiger charge is 2.39. The number of rotatable bonds is 2. The minimum atomic E-state index is 0.305. The van der Waals surface area contributed by atoms with Crippen molar-refractivity contribution in [3.63, 3.8) is 0 Å². The number of nitrogens with zero attached hydrogens (tertiary/aromatic N) is 1. The molecule has 1 aromatic carbocycles. The van der Waals surface area contributed by atoms with E-state index in [1.165, 1.54) is 50.8 Å². The van der Waals surface area contributed by atoms with Crippen LogP contribution in [0.25, 0.3) is 0 Å². The van der Waals surface area contributed by atoms with Gasteiger partial charge in [-0.25, -0.2) is 0 Å². The average Bonchev–Trinajstić information content (AvgIpc) is 2.49. The standard InChI is InChI=1S/C17H26N2/c1-15-5-7-16(8-6-15)17(9-11-18-12-10-17)19-13-3-2-4-14-19/h5-8,18H,2-4,9-14H2,1H3. The van der Waals surface area contributed by atoms with E-state index in [0.29, 0.717) is 5.54 Å². The minimum absolute atomic E-state index is 0.305. The summed E-state index contributed by atoms with van der Waals surface area (Å²) in [5.41, 5.74) is 3.22. The van der Waals surface area contributed by atoms with Crippen LogP contribution in [0.15, 0.2) is 24.3 Å². The van der Waals surface area contributed by atoms with Gasteiger partial charge in [0.25, 0.3) is 0 Å². The molecule has 19 heavy (non-hydrogen) atoms. The largest absolute Gasteiger partial charge is 0.317 e. The number of likely N-dealkylation sites (tertiary alicyclic amines) is 1. The van der Waals surface area contributed by atoms with Crippen LogP contribution in [0, 0.1) is 6.92 Å². The summed E-state index contributed by atoms with van der Waals surface area (Å²) in [6.45, 7) is 7.07. The third-order valence-electron chi connectivity index (χ3n) is 4.98. The number of hydrogen-bond donors (Lipinski definition) is 1. The third kappa shape index (κ3) is 2.56. The van der Waals surface area contributed by atoms with E-state index in [2.05, 4.69) is 41.4 Å². The third-order valence-corrected chi connectivity index (χ3v) is 4.98. The maximum Gasteiger partial charge on any atom is 0.0484 e. The Hall–Kier alpha value is -0.860. The van der Waals surface area contributed by atoms with Crippen LogP contribution in [-0.2, 0) is 5.54 Å². The molecule has 2 fully saturated rings. The molecule has 0 atom stereocenters. The van der Waals surface area contributed by atoms with Crippen molar-refractivity contribution >= 4 is 0 Å². The monoisotopic (exact) mass is 258 g/mol. The van der Waals surface area contributed by atoms with Gasteiger partial charge in [-0.15, -0.1) is 0 Å². The van der Waals surface area contributed by atoms with Gasteiger partial charge in [0.1, 0.15) is 0 Å². The van der Waals surface area contributed by atoms with E-state index in [0.717, 1.165) is 13.1 Å². The van der Waals surface area contributed by atoms with Crippen molar-refractivity contribution in [2.45, 2.75) is 44.6 Å². The molecule has 2 aliphatic heterocycles. The summed E-state index contributed by atoms with van der Waals surface area (Å²) in [6, 6.07) is 9.30. The Balaban J connectivity index is 1.93. The topological polar surface area (TPSA) is 15.3 Å². The Morgan fingerprint density at radius 1 is 0.947 bits per heavy atom. The zero-order valence-electron chi connectivity index (χ0n) is 12.1. The lowest BCUT2D eigenvalue weighted by atomic mass is 9.78. The van der Waals surface area contributed by atoms with Gasteiger partial charge >= 0.3 is 0 Å². The summed E-state index contributed by atoms with van der Waals surface area (Å²) in [4.78, 5) is 2.78. The molecule has 0 saturated carbocycles. The fraction of sp³-hybridized carbons (Fsp3) is 0.647. The quantitative estimate of drug-likeness (QED) is 0.877. The van der Waals surface area contributed by atoms with Crippen LogP contribution in [-0.4, -0.2) is 31.1 Å². The normalized spacial score (nSPS) is 24.3. The van der Waals surface area contributed by atoms with Crippen molar-refractivity contribution in [3.8, 4) is 0 Å². The first-order chi connectivity index (χ1) is 9.31. The first-order valence-electron chi connectivity index (χ1n) is 7.84. The van der Waals surface area contributed by atoms with Crippen molar-refractivity contribution in [1.82, 2.24) is 10.2 Å². The molecule has 0 spiro atoms. The van der Waals surface area contributed by atoms with E-state index in [4.69, 9.17) is 0 Å². The predicted molar refractivity (Wildman–Crippen MR) is 80.4 cm³/mol. The van der Waals surface area contributed by atoms with Crippen molar-refractivity contribution in [2.24, 2.45) is 0 Å². The van der Waals surface area contributed by atoms with Crippen LogP contribution in [0.3, 0.4) is 0 Å². The molecule has 2 nitrogen and oxygen atoms in total. The summed E-state index contributed by atoms with van der Waals surface area (Å²) >= 11 is 0. The lowest BCUT2D eigenvalue weighted by molar-refractivity contribution is 0.0360. The maximum atomic E-state index is 3.53. The van der Waals surface area contributed by atoms with Gasteiger partial charge in [0.2, 0.25) is 0 Å². The second kappa shape index (κ2) is 5.64. The fourth-order valence-corrected chi connectivity index (χ4v) is 3.81. The molecule has 2 saturated heterocycles. The van der Waals surface area contributed by atoms with Gasteiger partial charge in [0, 0.05) is 5.54 Å². The molecule has 0 aromatic heterocycles. The molecule has 3 rings (SSSR count). The van der Waals surface area contributed by atoms with Gasteiger partial charge in [-0.2, -0.15) is 0 Å². The molecule has 104 valence electrons. The van der Waals surface area contributed by atoms with E-state index >= 15 is 0 Å². The summed E-state index contributed by atoms with van der Waals surface area (Å²) in [5.74, 6) is 0. The van der Waals surface area contributed by atoms with Crippen LogP contribution in [0.4, 0.5) is 0 Å². The molecule has 2 heterocycles. The van der Waals surface area contributed by atoms with E-state index in [9.17, 15) is 0 Å². The highest BCUT2D eigenvalue weighted by molar-refractivity contribution is 5.29.